The van der Waals surface area contributed by atoms with Crippen LogP contribution in [0.3, 0.4) is 0 Å². The maximum absolute atomic E-state index is 12.1. The van der Waals surface area contributed by atoms with Crippen molar-refractivity contribution in [1.29, 1.82) is 0 Å². The maximum Gasteiger partial charge on any atom is 0.220 e. The van der Waals surface area contributed by atoms with E-state index in [1.807, 2.05) is 53.1 Å². The first-order valence-electron chi connectivity index (χ1n) is 9.40. The number of rotatable bonds is 10. The minimum atomic E-state index is -0.0548. The van der Waals surface area contributed by atoms with Gasteiger partial charge in [-0.2, -0.15) is 0 Å². The van der Waals surface area contributed by atoms with E-state index in [2.05, 4.69) is 15.5 Å². The second-order valence-electron chi connectivity index (χ2n) is 6.48. The van der Waals surface area contributed by atoms with Crippen LogP contribution in [0.4, 0.5) is 0 Å². The van der Waals surface area contributed by atoms with Crippen LogP contribution in [-0.2, 0) is 21.7 Å². The van der Waals surface area contributed by atoms with E-state index in [1.54, 1.807) is 18.9 Å². The lowest BCUT2D eigenvalue weighted by molar-refractivity contribution is -0.121. The number of carbonyl (C=O) groups is 1. The summed E-state index contributed by atoms with van der Waals surface area (Å²) < 4.78 is 6.90. The van der Waals surface area contributed by atoms with Crippen LogP contribution in [0.1, 0.15) is 17.8 Å². The van der Waals surface area contributed by atoms with Crippen molar-refractivity contribution >= 4 is 40.9 Å². The van der Waals surface area contributed by atoms with Crippen molar-refractivity contribution in [1.82, 2.24) is 20.1 Å². The molecule has 0 aliphatic rings. The molecular weight excluding hydrogens is 443 g/mol. The minimum Gasteiger partial charge on any atom is -0.383 e. The predicted octanol–water partition coefficient (Wildman–Crippen LogP) is 4.56. The van der Waals surface area contributed by atoms with Crippen LogP contribution in [0.5, 0.6) is 0 Å². The molecule has 1 amide bonds. The summed E-state index contributed by atoms with van der Waals surface area (Å²) in [5.41, 5.74) is 1.95. The maximum atomic E-state index is 12.1. The number of nitrogens with zero attached hydrogens (tertiary/aromatic N) is 3. The molecule has 0 radical (unpaired) electrons. The molecule has 0 spiro atoms. The number of nitrogens with one attached hydrogen (secondary N) is 1. The van der Waals surface area contributed by atoms with Gasteiger partial charge in [-0.15, -0.1) is 10.2 Å². The van der Waals surface area contributed by atoms with E-state index in [0.717, 1.165) is 16.4 Å². The SMILES string of the molecule is COCCNC(=O)CCc1nnc(SCc2cccc(Cl)c2)n1-c1cccc(Cl)c1. The standard InChI is InChI=1S/C21H22Cl2N4O2S/c1-29-11-10-24-20(28)9-8-19-25-26-21(27(19)18-7-3-6-17(23)13-18)30-14-15-4-2-5-16(22)12-15/h2-7,12-13H,8-11,14H2,1H3,(H,24,28). The molecular formula is C21H22Cl2N4O2S. The fourth-order valence-corrected chi connectivity index (χ4v) is 4.12. The molecule has 0 aliphatic carbocycles. The molecule has 0 atom stereocenters. The molecule has 158 valence electrons. The minimum absolute atomic E-state index is 0.0548. The molecule has 0 saturated carbocycles. The number of methoxy groups -OCH3 is 1. The molecule has 3 rings (SSSR count). The highest BCUT2D eigenvalue weighted by Gasteiger charge is 2.16. The Kier molecular flexibility index (Phi) is 8.57. The Morgan fingerprint density at radius 2 is 1.90 bits per heavy atom. The molecule has 0 unspecified atom stereocenters. The molecule has 6 nitrogen and oxygen atoms in total. The van der Waals surface area contributed by atoms with Crippen LogP contribution in [-0.4, -0.2) is 40.9 Å². The average Bonchev–Trinajstić information content (AvgIpc) is 3.14. The highest BCUT2D eigenvalue weighted by atomic mass is 35.5. The van der Waals surface area contributed by atoms with Gasteiger partial charge in [0.1, 0.15) is 5.82 Å². The van der Waals surface area contributed by atoms with E-state index in [1.165, 1.54) is 0 Å². The number of aryl methyl sites for hydroxylation is 1. The van der Waals surface area contributed by atoms with Crippen molar-refractivity contribution in [2.75, 3.05) is 20.3 Å². The highest BCUT2D eigenvalue weighted by Crippen LogP contribution is 2.27. The lowest BCUT2D eigenvalue weighted by Crippen LogP contribution is -2.27. The van der Waals surface area contributed by atoms with Crippen LogP contribution < -0.4 is 5.32 Å². The van der Waals surface area contributed by atoms with Crippen LogP contribution in [0.15, 0.2) is 53.7 Å². The molecule has 0 aliphatic heterocycles. The van der Waals surface area contributed by atoms with Gasteiger partial charge in [-0.3, -0.25) is 9.36 Å². The average molecular weight is 465 g/mol. The number of hydrogen-bond donors (Lipinski definition) is 1. The molecule has 2 aromatic carbocycles. The first-order chi connectivity index (χ1) is 14.6. The Hall–Kier alpha value is -2.06. The smallest absolute Gasteiger partial charge is 0.220 e. The number of amides is 1. The summed E-state index contributed by atoms with van der Waals surface area (Å²) >= 11 is 13.8. The Balaban J connectivity index is 1.78. The van der Waals surface area contributed by atoms with Gasteiger partial charge in [0.25, 0.3) is 0 Å². The molecule has 1 heterocycles. The lowest BCUT2D eigenvalue weighted by Gasteiger charge is -2.11. The summed E-state index contributed by atoms with van der Waals surface area (Å²) in [6, 6.07) is 15.2. The Morgan fingerprint density at radius 1 is 1.13 bits per heavy atom. The topological polar surface area (TPSA) is 69.0 Å². The number of halogens is 2. The fourth-order valence-electron chi connectivity index (χ4n) is 2.81. The van der Waals surface area contributed by atoms with E-state index in [4.69, 9.17) is 27.9 Å². The van der Waals surface area contributed by atoms with Gasteiger partial charge >= 0.3 is 0 Å². The van der Waals surface area contributed by atoms with Gasteiger partial charge in [-0.05, 0) is 35.9 Å². The van der Waals surface area contributed by atoms with Gasteiger partial charge < -0.3 is 10.1 Å². The summed E-state index contributed by atoms with van der Waals surface area (Å²) in [6.07, 6.45) is 0.761. The van der Waals surface area contributed by atoms with E-state index < -0.39 is 0 Å². The van der Waals surface area contributed by atoms with Crippen molar-refractivity contribution in [2.45, 2.75) is 23.8 Å². The summed E-state index contributed by atoms with van der Waals surface area (Å²) in [6.45, 7) is 0.964. The Morgan fingerprint density at radius 3 is 2.63 bits per heavy atom. The molecule has 1 aromatic heterocycles. The highest BCUT2D eigenvalue weighted by molar-refractivity contribution is 7.98. The fraction of sp³-hybridized carbons (Fsp3) is 0.286. The molecule has 1 N–H and O–H groups in total. The van der Waals surface area contributed by atoms with E-state index >= 15 is 0 Å². The van der Waals surface area contributed by atoms with Crippen LogP contribution in [0, 0.1) is 0 Å². The van der Waals surface area contributed by atoms with Crippen molar-refractivity contribution in [3.8, 4) is 5.69 Å². The summed E-state index contributed by atoms with van der Waals surface area (Å²) in [4.78, 5) is 12.1. The zero-order valence-corrected chi connectivity index (χ0v) is 18.8. The second-order valence-corrected chi connectivity index (χ2v) is 8.29. The van der Waals surface area contributed by atoms with Crippen LogP contribution >= 0.6 is 35.0 Å². The third kappa shape index (κ3) is 6.47. The number of carbonyl (C=O) groups excluding carboxylic acids is 1. The summed E-state index contributed by atoms with van der Waals surface area (Å²) in [5, 5.41) is 13.6. The Bertz CT molecular complexity index is 997. The normalized spacial score (nSPS) is 10.9. The van der Waals surface area contributed by atoms with Crippen molar-refractivity contribution < 1.29 is 9.53 Å². The lowest BCUT2D eigenvalue weighted by atomic mass is 10.2. The van der Waals surface area contributed by atoms with Crippen LogP contribution in [0.25, 0.3) is 5.69 Å². The van der Waals surface area contributed by atoms with Crippen molar-refractivity contribution in [3.05, 3.63) is 70.0 Å². The molecule has 0 saturated heterocycles. The van der Waals surface area contributed by atoms with Gasteiger partial charge in [-0.1, -0.05) is 53.2 Å². The van der Waals surface area contributed by atoms with Crippen LogP contribution in [0.2, 0.25) is 10.0 Å². The first kappa shape index (κ1) is 22.6. The third-order valence-corrected chi connectivity index (χ3v) is 5.70. The molecule has 9 heteroatoms. The summed E-state index contributed by atoms with van der Waals surface area (Å²) in [7, 11) is 1.60. The van der Waals surface area contributed by atoms with Crippen molar-refractivity contribution in [2.24, 2.45) is 0 Å². The zero-order chi connectivity index (χ0) is 21.3. The number of thioether (sulfide) groups is 1. The largest absolute Gasteiger partial charge is 0.383 e. The monoisotopic (exact) mass is 464 g/mol. The number of benzene rings is 2. The number of aromatic nitrogens is 3. The van der Waals surface area contributed by atoms with Gasteiger partial charge in [0.15, 0.2) is 5.16 Å². The second kappa shape index (κ2) is 11.4. The van der Waals surface area contributed by atoms with E-state index in [9.17, 15) is 4.79 Å². The number of ether oxygens (including phenoxy) is 1. The molecule has 0 fully saturated rings. The van der Waals surface area contributed by atoms with Gasteiger partial charge in [0.05, 0.1) is 12.3 Å². The van der Waals surface area contributed by atoms with Gasteiger partial charge in [-0.25, -0.2) is 0 Å². The van der Waals surface area contributed by atoms with E-state index in [-0.39, 0.29) is 5.91 Å². The quantitative estimate of drug-likeness (QED) is 0.351. The third-order valence-electron chi connectivity index (χ3n) is 4.23. The van der Waals surface area contributed by atoms with E-state index in [0.29, 0.717) is 47.6 Å². The summed E-state index contributed by atoms with van der Waals surface area (Å²) in [5.74, 6) is 1.34. The van der Waals surface area contributed by atoms with Gasteiger partial charge in [0.2, 0.25) is 5.91 Å². The van der Waals surface area contributed by atoms with Crippen molar-refractivity contribution in [3.63, 3.8) is 0 Å². The molecule has 0 bridgehead atoms. The zero-order valence-electron chi connectivity index (χ0n) is 16.5. The molecule has 3 aromatic rings. The first-order valence-corrected chi connectivity index (χ1v) is 11.1. The number of hydrogen-bond acceptors (Lipinski definition) is 5. The molecule has 30 heavy (non-hydrogen) atoms. The Labute approximate surface area is 189 Å². The predicted molar refractivity (Wildman–Crippen MR) is 121 cm³/mol. The van der Waals surface area contributed by atoms with Gasteiger partial charge in [0, 0.05) is 42.3 Å².